The van der Waals surface area contributed by atoms with Gasteiger partial charge in [-0.15, -0.1) is 0 Å². The van der Waals surface area contributed by atoms with Crippen LogP contribution < -0.4 is 10.0 Å². The van der Waals surface area contributed by atoms with Crippen molar-refractivity contribution in [1.82, 2.24) is 0 Å². The van der Waals surface area contributed by atoms with Crippen LogP contribution in [-0.2, 0) is 14.2 Å². The first kappa shape index (κ1) is 24.7. The molecule has 0 N–H and O–H groups in total. The maximum atomic E-state index is 13.3. The van der Waals surface area contributed by atoms with E-state index in [2.05, 4.69) is 0 Å². The molecule has 0 heterocycles. The molecule has 8 heteroatoms. The zero-order valence-electron chi connectivity index (χ0n) is 19.5. The minimum absolute atomic E-state index is 0.293. The summed E-state index contributed by atoms with van der Waals surface area (Å²) in [5, 5.41) is 2.18. The van der Waals surface area contributed by atoms with Gasteiger partial charge in [0.2, 0.25) is 0 Å². The third-order valence-corrected chi connectivity index (χ3v) is 3.87. The van der Waals surface area contributed by atoms with E-state index in [0.717, 1.165) is 10.0 Å². The van der Waals surface area contributed by atoms with Crippen molar-refractivity contribution in [3.05, 3.63) is 60.2 Å². The predicted molar refractivity (Wildman–Crippen MR) is 122 cm³/mol. The van der Waals surface area contributed by atoms with Gasteiger partial charge in [0, 0.05) is 0 Å². The number of ether oxygens (including phenoxy) is 3. The molecule has 2 rings (SSSR count). The Labute approximate surface area is 188 Å². The highest BCUT2D eigenvalue weighted by Gasteiger charge is 2.35. The fraction of sp³-hybridized carbons (Fsp3) is 0.375. The van der Waals surface area contributed by atoms with Gasteiger partial charge in [-0.05, 0) is 77.9 Å². The highest BCUT2D eigenvalue weighted by molar-refractivity contribution is 6.02. The number of amides is 2. The number of hydrazine groups is 1. The molecule has 0 aliphatic heterocycles. The Hall–Kier alpha value is -3.55. The summed E-state index contributed by atoms with van der Waals surface area (Å²) < 4.78 is 15.9. The van der Waals surface area contributed by atoms with Gasteiger partial charge in [0.1, 0.15) is 11.2 Å². The van der Waals surface area contributed by atoms with Crippen LogP contribution in [0.2, 0.25) is 0 Å². The molecule has 2 amide bonds. The largest absolute Gasteiger partial charge is 0.465 e. The molecule has 0 aliphatic carbocycles. The van der Waals surface area contributed by atoms with E-state index in [1.54, 1.807) is 71.9 Å². The first-order valence-electron chi connectivity index (χ1n) is 10.1. The summed E-state index contributed by atoms with van der Waals surface area (Å²) in [6, 6.07) is 14.6. The van der Waals surface area contributed by atoms with Gasteiger partial charge < -0.3 is 14.2 Å². The van der Waals surface area contributed by atoms with Gasteiger partial charge in [-0.3, -0.25) is 0 Å². The van der Waals surface area contributed by atoms with E-state index in [4.69, 9.17) is 14.2 Å². The smallest absolute Gasteiger partial charge is 0.434 e. The Morgan fingerprint density at radius 1 is 0.656 bits per heavy atom. The summed E-state index contributed by atoms with van der Waals surface area (Å²) >= 11 is 0. The number of rotatable bonds is 3. The average molecular weight is 443 g/mol. The molecule has 0 saturated carbocycles. The summed E-state index contributed by atoms with van der Waals surface area (Å²) in [6.45, 7) is 10.4. The molecule has 8 nitrogen and oxygen atoms in total. The fourth-order valence-electron chi connectivity index (χ4n) is 2.64. The maximum absolute atomic E-state index is 13.3. The molecule has 0 aliphatic rings. The van der Waals surface area contributed by atoms with Crippen LogP contribution in [0.15, 0.2) is 54.6 Å². The first-order chi connectivity index (χ1) is 14.8. The lowest BCUT2D eigenvalue weighted by Crippen LogP contribution is -2.53. The normalized spacial score (nSPS) is 11.3. The molecule has 0 spiro atoms. The van der Waals surface area contributed by atoms with Gasteiger partial charge >= 0.3 is 18.2 Å². The van der Waals surface area contributed by atoms with Crippen LogP contribution in [0.4, 0.5) is 21.0 Å². The van der Waals surface area contributed by atoms with Crippen LogP contribution in [0.3, 0.4) is 0 Å². The molecule has 2 aromatic rings. The van der Waals surface area contributed by atoms with Crippen molar-refractivity contribution >= 4 is 29.5 Å². The van der Waals surface area contributed by atoms with Crippen molar-refractivity contribution < 1.29 is 28.6 Å². The second-order valence-corrected chi connectivity index (χ2v) is 8.96. The Bertz CT molecular complexity index is 943. The Morgan fingerprint density at radius 2 is 1.06 bits per heavy atom. The summed E-state index contributed by atoms with van der Waals surface area (Å²) in [5.41, 5.74) is -0.647. The van der Waals surface area contributed by atoms with Gasteiger partial charge in [-0.2, -0.15) is 10.0 Å². The molecule has 0 radical (unpaired) electrons. The van der Waals surface area contributed by atoms with Crippen LogP contribution in [-0.4, -0.2) is 36.5 Å². The van der Waals surface area contributed by atoms with E-state index in [1.807, 2.05) is 0 Å². The minimum Gasteiger partial charge on any atom is -0.465 e. The standard InChI is InChI=1S/C24H30N2O6/c1-23(2,3)31-21(28)25(18-11-9-8-10-12-18)26(22(29)32-24(4,5)6)19-15-13-17(14-16-19)20(27)30-7/h8-16H,1-7H3. The number of nitrogens with zero attached hydrogens (tertiary/aromatic N) is 2. The number of esters is 1. The molecule has 172 valence electrons. The lowest BCUT2D eigenvalue weighted by molar-refractivity contribution is 0.0479. The van der Waals surface area contributed by atoms with Crippen LogP contribution in [0.5, 0.6) is 0 Å². The number of benzene rings is 2. The van der Waals surface area contributed by atoms with Gasteiger partial charge in [0.15, 0.2) is 0 Å². The zero-order valence-corrected chi connectivity index (χ0v) is 19.5. The summed E-state index contributed by atoms with van der Waals surface area (Å²) in [5.74, 6) is -0.521. The number of anilines is 2. The number of para-hydroxylation sites is 1. The van der Waals surface area contributed by atoms with Gasteiger partial charge in [-0.1, -0.05) is 18.2 Å². The maximum Gasteiger partial charge on any atom is 0.434 e. The molecule has 0 fully saturated rings. The Kier molecular flexibility index (Phi) is 7.51. The molecule has 0 bridgehead atoms. The van der Waals surface area contributed by atoms with Crippen molar-refractivity contribution in [2.45, 2.75) is 52.7 Å². The van der Waals surface area contributed by atoms with Crippen LogP contribution in [0, 0.1) is 0 Å². The molecule has 2 aromatic carbocycles. The number of methoxy groups -OCH3 is 1. The molecular weight excluding hydrogens is 412 g/mol. The second-order valence-electron chi connectivity index (χ2n) is 8.96. The summed E-state index contributed by atoms with van der Waals surface area (Å²) in [4.78, 5) is 38.4. The highest BCUT2D eigenvalue weighted by Crippen LogP contribution is 2.28. The number of hydrogen-bond donors (Lipinski definition) is 0. The van der Waals surface area contributed by atoms with Crippen LogP contribution in [0.1, 0.15) is 51.9 Å². The third kappa shape index (κ3) is 6.73. The lowest BCUT2D eigenvalue weighted by Gasteiger charge is -2.36. The lowest BCUT2D eigenvalue weighted by atomic mass is 10.2. The number of carbonyl (C=O) groups is 3. The average Bonchev–Trinajstić information content (AvgIpc) is 2.69. The molecule has 0 unspecified atom stereocenters. The van der Waals surface area contributed by atoms with Crippen molar-refractivity contribution in [2.75, 3.05) is 17.1 Å². The minimum atomic E-state index is -0.822. The van der Waals surface area contributed by atoms with Gasteiger partial charge in [0.25, 0.3) is 0 Å². The van der Waals surface area contributed by atoms with E-state index in [0.29, 0.717) is 16.9 Å². The van der Waals surface area contributed by atoms with Crippen LogP contribution >= 0.6 is 0 Å². The zero-order chi connectivity index (χ0) is 24.1. The van der Waals surface area contributed by atoms with E-state index in [-0.39, 0.29) is 0 Å². The van der Waals surface area contributed by atoms with Crippen molar-refractivity contribution in [3.63, 3.8) is 0 Å². The monoisotopic (exact) mass is 442 g/mol. The Morgan fingerprint density at radius 3 is 1.44 bits per heavy atom. The van der Waals surface area contributed by atoms with Crippen molar-refractivity contribution in [3.8, 4) is 0 Å². The van der Waals surface area contributed by atoms with E-state index >= 15 is 0 Å². The Balaban J connectivity index is 2.62. The van der Waals surface area contributed by atoms with E-state index in [9.17, 15) is 14.4 Å². The molecule has 32 heavy (non-hydrogen) atoms. The van der Waals surface area contributed by atoms with Gasteiger partial charge in [0.05, 0.1) is 24.0 Å². The quantitative estimate of drug-likeness (QED) is 0.351. The number of carbonyl (C=O) groups excluding carboxylic acids is 3. The second kappa shape index (κ2) is 9.72. The first-order valence-corrected chi connectivity index (χ1v) is 10.1. The third-order valence-electron chi connectivity index (χ3n) is 3.87. The van der Waals surface area contributed by atoms with E-state index < -0.39 is 29.4 Å². The topological polar surface area (TPSA) is 85.4 Å². The molecule has 0 atom stereocenters. The van der Waals surface area contributed by atoms with Gasteiger partial charge in [-0.25, -0.2) is 14.4 Å². The number of hydrogen-bond acceptors (Lipinski definition) is 6. The highest BCUT2D eigenvalue weighted by atomic mass is 16.6. The predicted octanol–water partition coefficient (Wildman–Crippen LogP) is 5.57. The van der Waals surface area contributed by atoms with E-state index in [1.165, 1.54) is 31.4 Å². The molecule has 0 aromatic heterocycles. The van der Waals surface area contributed by atoms with Crippen molar-refractivity contribution in [2.24, 2.45) is 0 Å². The van der Waals surface area contributed by atoms with Crippen LogP contribution in [0.25, 0.3) is 0 Å². The summed E-state index contributed by atoms with van der Waals surface area (Å²) in [7, 11) is 1.28. The fourth-order valence-corrected chi connectivity index (χ4v) is 2.64. The summed E-state index contributed by atoms with van der Waals surface area (Å²) in [6.07, 6.45) is -1.57. The molecule has 0 saturated heterocycles. The van der Waals surface area contributed by atoms with Crippen molar-refractivity contribution in [1.29, 1.82) is 0 Å². The SMILES string of the molecule is COC(=O)c1ccc(N(C(=O)OC(C)(C)C)N(C(=O)OC(C)(C)C)c2ccccc2)cc1. The molecular formula is C24H30N2O6.